The zero-order chi connectivity index (χ0) is 21.1. The third kappa shape index (κ3) is 4.06. The topological polar surface area (TPSA) is 104 Å². The van der Waals surface area contributed by atoms with Gasteiger partial charge in [-0.2, -0.15) is 0 Å². The van der Waals surface area contributed by atoms with Gasteiger partial charge < -0.3 is 19.2 Å². The third-order valence-electron chi connectivity index (χ3n) is 4.51. The predicted molar refractivity (Wildman–Crippen MR) is 109 cm³/mol. The molecule has 0 aliphatic carbocycles. The summed E-state index contributed by atoms with van der Waals surface area (Å²) in [5, 5.41) is 14.6. The molecule has 1 N–H and O–H groups in total. The molecule has 3 aromatic rings. The number of nitro benzene ring substituents is 1. The van der Waals surface area contributed by atoms with Crippen molar-refractivity contribution >= 4 is 33.8 Å². The Bertz CT molecular complexity index is 1130. The minimum Gasteiger partial charge on any atom is -0.496 e. The van der Waals surface area contributed by atoms with Crippen molar-refractivity contribution in [3.63, 3.8) is 0 Å². The van der Waals surface area contributed by atoms with E-state index in [9.17, 15) is 14.9 Å². The highest BCUT2D eigenvalue weighted by Gasteiger charge is 2.15. The number of nitrogens with zero attached hydrogens (tertiary/aromatic N) is 1. The van der Waals surface area contributed by atoms with Gasteiger partial charge in [0.25, 0.3) is 5.69 Å². The van der Waals surface area contributed by atoms with E-state index >= 15 is 0 Å². The first-order valence-electron chi connectivity index (χ1n) is 8.72. The zero-order valence-corrected chi connectivity index (χ0v) is 16.4. The molecule has 0 fully saturated rings. The fourth-order valence-corrected chi connectivity index (χ4v) is 3.01. The first-order valence-corrected chi connectivity index (χ1v) is 8.72. The molecule has 0 saturated heterocycles. The van der Waals surface area contributed by atoms with Crippen molar-refractivity contribution in [1.82, 2.24) is 0 Å². The number of furan rings is 1. The molecule has 0 aliphatic heterocycles. The molecule has 8 heteroatoms. The van der Waals surface area contributed by atoms with Crippen molar-refractivity contribution < 1.29 is 23.6 Å². The van der Waals surface area contributed by atoms with Gasteiger partial charge in [-0.1, -0.05) is 0 Å². The Kier molecular flexibility index (Phi) is 5.54. The van der Waals surface area contributed by atoms with Crippen LogP contribution >= 0.6 is 0 Å². The number of amides is 1. The molecule has 0 spiro atoms. The lowest BCUT2D eigenvalue weighted by molar-refractivity contribution is -0.384. The Morgan fingerprint density at radius 2 is 1.90 bits per heavy atom. The first kappa shape index (κ1) is 19.9. The van der Waals surface area contributed by atoms with Crippen molar-refractivity contribution in [2.45, 2.75) is 13.8 Å². The lowest BCUT2D eigenvalue weighted by Crippen LogP contribution is -2.10. The molecular weight excluding hydrogens is 376 g/mol. The first-order chi connectivity index (χ1) is 13.8. The predicted octanol–water partition coefficient (Wildman–Crippen LogP) is 4.71. The quantitative estimate of drug-likeness (QED) is 0.368. The van der Waals surface area contributed by atoms with Crippen LogP contribution in [0, 0.1) is 17.0 Å². The van der Waals surface area contributed by atoms with Gasteiger partial charge in [-0.15, -0.1) is 0 Å². The van der Waals surface area contributed by atoms with E-state index in [-0.39, 0.29) is 11.4 Å². The number of anilines is 1. The average Bonchev–Trinajstić information content (AvgIpc) is 3.06. The van der Waals surface area contributed by atoms with E-state index in [0.717, 1.165) is 16.5 Å². The van der Waals surface area contributed by atoms with Crippen molar-refractivity contribution in [1.29, 1.82) is 0 Å². The smallest absolute Gasteiger partial charge is 0.271 e. The molecule has 3 rings (SSSR count). The number of carbonyl (C=O) groups excluding carboxylic acids is 1. The molecule has 2 aromatic carbocycles. The summed E-state index contributed by atoms with van der Waals surface area (Å²) in [4.78, 5) is 23.0. The van der Waals surface area contributed by atoms with Crippen LogP contribution in [0.5, 0.6) is 11.5 Å². The van der Waals surface area contributed by atoms with Gasteiger partial charge in [-0.25, -0.2) is 0 Å². The number of ether oxygens (including phenoxy) is 2. The van der Waals surface area contributed by atoms with Crippen molar-refractivity contribution in [3.05, 3.63) is 63.9 Å². The minimum absolute atomic E-state index is 0.149. The van der Waals surface area contributed by atoms with Gasteiger partial charge in [0.15, 0.2) is 0 Å². The third-order valence-corrected chi connectivity index (χ3v) is 4.51. The number of nitro groups is 1. The molecule has 0 bridgehead atoms. The second-order valence-corrected chi connectivity index (χ2v) is 6.43. The molecule has 1 heterocycles. The maximum absolute atomic E-state index is 12.6. The van der Waals surface area contributed by atoms with Crippen LogP contribution in [-0.2, 0) is 4.79 Å². The largest absolute Gasteiger partial charge is 0.496 e. The van der Waals surface area contributed by atoms with Crippen LogP contribution in [0.4, 0.5) is 11.4 Å². The van der Waals surface area contributed by atoms with Crippen molar-refractivity contribution in [2.24, 2.45) is 0 Å². The summed E-state index contributed by atoms with van der Waals surface area (Å²) in [5.41, 5.74) is 3.13. The summed E-state index contributed by atoms with van der Waals surface area (Å²) in [6, 6.07) is 7.67. The van der Waals surface area contributed by atoms with Gasteiger partial charge >= 0.3 is 0 Å². The monoisotopic (exact) mass is 396 g/mol. The minimum atomic E-state index is -0.538. The molecule has 0 atom stereocenters. The Hall–Kier alpha value is -3.81. The Labute approximate surface area is 166 Å². The van der Waals surface area contributed by atoms with Crippen LogP contribution in [0.25, 0.3) is 16.5 Å². The second-order valence-electron chi connectivity index (χ2n) is 6.43. The van der Waals surface area contributed by atoms with Gasteiger partial charge in [0.1, 0.15) is 17.1 Å². The number of rotatable bonds is 6. The highest BCUT2D eigenvalue weighted by atomic mass is 16.6. The van der Waals surface area contributed by atoms with E-state index in [1.54, 1.807) is 26.4 Å². The van der Waals surface area contributed by atoms with Gasteiger partial charge in [0, 0.05) is 35.2 Å². The Morgan fingerprint density at radius 1 is 1.17 bits per heavy atom. The molecule has 1 amide bonds. The zero-order valence-electron chi connectivity index (χ0n) is 16.4. The molecule has 0 aliphatic rings. The Balaban J connectivity index is 1.93. The van der Waals surface area contributed by atoms with Crippen LogP contribution in [0.15, 0.2) is 47.1 Å². The number of non-ortho nitro benzene ring substituents is 1. The highest BCUT2D eigenvalue weighted by molar-refractivity contribution is 6.05. The Morgan fingerprint density at radius 3 is 2.55 bits per heavy atom. The molecule has 0 unspecified atom stereocenters. The summed E-state index contributed by atoms with van der Waals surface area (Å²) in [6.45, 7) is 3.71. The van der Waals surface area contributed by atoms with Crippen LogP contribution in [0.3, 0.4) is 0 Å². The number of methoxy groups -OCH3 is 2. The number of fused-ring (bicyclic) bond motifs is 1. The number of benzene rings is 2. The molecule has 29 heavy (non-hydrogen) atoms. The maximum Gasteiger partial charge on any atom is 0.271 e. The van der Waals surface area contributed by atoms with Gasteiger partial charge in [0.05, 0.1) is 31.1 Å². The number of allylic oxidation sites excluding steroid dienone is 1. The van der Waals surface area contributed by atoms with E-state index in [4.69, 9.17) is 13.9 Å². The fourth-order valence-electron chi connectivity index (χ4n) is 3.01. The van der Waals surface area contributed by atoms with E-state index < -0.39 is 10.8 Å². The number of carbonyl (C=O) groups is 1. The number of aryl methyl sites for hydroxylation is 1. The number of hydrogen-bond donors (Lipinski definition) is 1. The summed E-state index contributed by atoms with van der Waals surface area (Å²) in [7, 11) is 2.97. The lowest BCUT2D eigenvalue weighted by Gasteiger charge is -2.11. The number of nitrogens with one attached hydrogen (secondary N) is 1. The average molecular weight is 396 g/mol. The number of hydrogen-bond acceptors (Lipinski definition) is 6. The van der Waals surface area contributed by atoms with Gasteiger partial charge in [0.2, 0.25) is 5.91 Å². The molecule has 150 valence electrons. The summed E-state index contributed by atoms with van der Waals surface area (Å²) in [6.07, 6.45) is 3.06. The standard InChI is InChI=1S/C21H20N2O6/c1-12(15-9-16-13(2)11-29-20(16)10-19(15)28-4)7-21(24)22-17-8-14(23(25)26)5-6-18(17)27-3/h5-11H,1-4H3,(H,22,24)/b12-7+. The molecule has 8 nitrogen and oxygen atoms in total. The molecule has 0 radical (unpaired) electrons. The van der Waals surface area contributed by atoms with Gasteiger partial charge in [-0.3, -0.25) is 14.9 Å². The fraction of sp³-hybridized carbons (Fsp3) is 0.190. The molecule has 1 aromatic heterocycles. The van der Waals surface area contributed by atoms with E-state index in [1.165, 1.54) is 31.4 Å². The van der Waals surface area contributed by atoms with Crippen LogP contribution < -0.4 is 14.8 Å². The van der Waals surface area contributed by atoms with E-state index in [1.807, 2.05) is 13.0 Å². The lowest BCUT2D eigenvalue weighted by atomic mass is 10.0. The van der Waals surface area contributed by atoms with Crippen molar-refractivity contribution in [2.75, 3.05) is 19.5 Å². The summed E-state index contributed by atoms with van der Waals surface area (Å²) < 4.78 is 16.1. The van der Waals surface area contributed by atoms with Crippen LogP contribution in [-0.4, -0.2) is 25.1 Å². The van der Waals surface area contributed by atoms with Crippen LogP contribution in [0.2, 0.25) is 0 Å². The molecule has 0 saturated carbocycles. The van der Waals surface area contributed by atoms with E-state index in [2.05, 4.69) is 5.32 Å². The molecular formula is C21H20N2O6. The van der Waals surface area contributed by atoms with Crippen molar-refractivity contribution in [3.8, 4) is 11.5 Å². The second kappa shape index (κ2) is 8.05. The van der Waals surface area contributed by atoms with E-state index in [0.29, 0.717) is 22.7 Å². The highest BCUT2D eigenvalue weighted by Crippen LogP contribution is 2.34. The van der Waals surface area contributed by atoms with Crippen LogP contribution in [0.1, 0.15) is 18.1 Å². The summed E-state index contributed by atoms with van der Waals surface area (Å²) >= 11 is 0. The maximum atomic E-state index is 12.6. The van der Waals surface area contributed by atoms with Gasteiger partial charge in [-0.05, 0) is 37.1 Å². The summed E-state index contributed by atoms with van der Waals surface area (Å²) in [5.74, 6) is 0.441. The normalized spacial score (nSPS) is 11.4. The SMILES string of the molecule is COc1ccc([N+](=O)[O-])cc1NC(=O)/C=C(\C)c1cc2c(C)coc2cc1OC.